The molecule has 2 aromatic rings. The lowest BCUT2D eigenvalue weighted by molar-refractivity contribution is 0.100. The molecule has 0 radical (unpaired) electrons. The topological polar surface area (TPSA) is 46.3 Å². The summed E-state index contributed by atoms with van der Waals surface area (Å²) in [7, 11) is 0. The maximum absolute atomic E-state index is 11.0. The Kier molecular flexibility index (Phi) is 4.20. The van der Waals surface area contributed by atoms with E-state index in [0.717, 1.165) is 16.7 Å². The summed E-state index contributed by atoms with van der Waals surface area (Å²) in [6.07, 6.45) is 4.46. The normalized spacial score (nSPS) is 23.4. The maximum Gasteiger partial charge on any atom is 0.249 e. The lowest BCUT2D eigenvalue weighted by Gasteiger charge is -2.20. The molecule has 0 aromatic heterocycles. The maximum atomic E-state index is 11.0. The molecule has 2 unspecified atom stereocenters. The lowest BCUT2D eigenvalue weighted by atomic mass is 10.0. The Hall–Kier alpha value is -1.87. The molecule has 2 aromatic carbocycles. The molecule has 4 rings (SSSR count). The van der Waals surface area contributed by atoms with Gasteiger partial charge in [0.05, 0.1) is 0 Å². The highest BCUT2D eigenvalue weighted by atomic mass is 16.1. The molecule has 2 aliphatic rings. The molecule has 3 nitrogen and oxygen atoms in total. The molecular formula is C18H22N2O. The highest BCUT2D eigenvalue weighted by Crippen LogP contribution is 2.25. The van der Waals surface area contributed by atoms with Gasteiger partial charge in [-0.1, -0.05) is 36.4 Å². The third kappa shape index (κ3) is 3.24. The predicted molar refractivity (Wildman–Crippen MR) is 86.2 cm³/mol. The number of carbonyl (C=O) groups is 1. The first-order valence-electron chi connectivity index (χ1n) is 7.74. The summed E-state index contributed by atoms with van der Waals surface area (Å²) in [5.74, 6) is 0.709. The van der Waals surface area contributed by atoms with Gasteiger partial charge >= 0.3 is 0 Å². The molecule has 0 spiro atoms. The van der Waals surface area contributed by atoms with Crippen LogP contribution in [-0.4, -0.2) is 30.4 Å². The monoisotopic (exact) mass is 282 g/mol. The number of carbonyl (C=O) groups excluding carboxylic acids is 1. The van der Waals surface area contributed by atoms with Crippen LogP contribution in [0.15, 0.2) is 42.5 Å². The molecule has 0 aliphatic carbocycles. The standard InChI is InChI=1S/C11H9NO.C7H13N/c12-11(13)10-7-3-5-8-4-1-2-6-9(8)10;1-2-7-3-5-8(4-1)6-7/h1-7H,(H2,12,13);7H,1-6H2. The first-order valence-corrected chi connectivity index (χ1v) is 7.74. The third-order valence-electron chi connectivity index (χ3n) is 4.51. The van der Waals surface area contributed by atoms with E-state index in [1.165, 1.54) is 38.9 Å². The zero-order valence-electron chi connectivity index (χ0n) is 12.3. The summed E-state index contributed by atoms with van der Waals surface area (Å²) in [5.41, 5.74) is 5.82. The van der Waals surface area contributed by atoms with Gasteiger partial charge in [0.25, 0.3) is 0 Å². The fourth-order valence-electron chi connectivity index (χ4n) is 3.40. The van der Waals surface area contributed by atoms with Crippen molar-refractivity contribution in [3.05, 3.63) is 48.0 Å². The van der Waals surface area contributed by atoms with Crippen LogP contribution < -0.4 is 5.73 Å². The highest BCUT2D eigenvalue weighted by Gasteiger charge is 2.25. The number of hydrogen-bond donors (Lipinski definition) is 1. The minimum atomic E-state index is -0.378. The average Bonchev–Trinajstić information content (AvgIpc) is 2.85. The van der Waals surface area contributed by atoms with Crippen LogP contribution >= 0.6 is 0 Å². The van der Waals surface area contributed by atoms with Crippen molar-refractivity contribution in [2.75, 3.05) is 19.6 Å². The van der Waals surface area contributed by atoms with E-state index >= 15 is 0 Å². The van der Waals surface area contributed by atoms with Crippen molar-refractivity contribution in [1.29, 1.82) is 0 Å². The number of benzene rings is 2. The zero-order chi connectivity index (χ0) is 14.7. The molecule has 2 bridgehead atoms. The van der Waals surface area contributed by atoms with E-state index in [4.69, 9.17) is 5.73 Å². The lowest BCUT2D eigenvalue weighted by Crippen LogP contribution is -2.25. The SMILES string of the molecule is C1CC2CCN(C1)C2.NC(=O)c1cccc2ccccc12. The summed E-state index contributed by atoms with van der Waals surface area (Å²) in [6, 6.07) is 13.2. The first kappa shape index (κ1) is 14.1. The Bertz CT molecular complexity index is 619. The Balaban J connectivity index is 0.000000140. The molecular weight excluding hydrogens is 260 g/mol. The van der Waals surface area contributed by atoms with E-state index in [-0.39, 0.29) is 5.91 Å². The van der Waals surface area contributed by atoms with Gasteiger partial charge in [0.15, 0.2) is 0 Å². The van der Waals surface area contributed by atoms with E-state index in [9.17, 15) is 4.79 Å². The second-order valence-corrected chi connectivity index (χ2v) is 5.99. The van der Waals surface area contributed by atoms with Crippen molar-refractivity contribution in [3.63, 3.8) is 0 Å². The summed E-state index contributed by atoms with van der Waals surface area (Å²) < 4.78 is 0. The summed E-state index contributed by atoms with van der Waals surface area (Å²) in [4.78, 5) is 13.6. The fourth-order valence-corrected chi connectivity index (χ4v) is 3.40. The van der Waals surface area contributed by atoms with Crippen LogP contribution in [-0.2, 0) is 0 Å². The van der Waals surface area contributed by atoms with Crippen LogP contribution in [0.25, 0.3) is 10.8 Å². The van der Waals surface area contributed by atoms with Crippen molar-refractivity contribution in [2.45, 2.75) is 19.3 Å². The molecule has 0 saturated carbocycles. The molecule has 2 fully saturated rings. The molecule has 1 amide bonds. The van der Waals surface area contributed by atoms with Crippen molar-refractivity contribution in [1.82, 2.24) is 4.90 Å². The van der Waals surface area contributed by atoms with Crippen LogP contribution in [0.1, 0.15) is 29.6 Å². The Labute approximate surface area is 125 Å². The number of fused-ring (bicyclic) bond motifs is 3. The number of nitrogens with two attached hydrogens (primary N) is 1. The second kappa shape index (κ2) is 6.27. The quantitative estimate of drug-likeness (QED) is 0.874. The van der Waals surface area contributed by atoms with Gasteiger partial charge in [-0.15, -0.1) is 0 Å². The van der Waals surface area contributed by atoms with Crippen LogP contribution in [0.5, 0.6) is 0 Å². The number of piperidine rings is 1. The second-order valence-electron chi connectivity index (χ2n) is 5.99. The zero-order valence-corrected chi connectivity index (χ0v) is 12.3. The van der Waals surface area contributed by atoms with Gasteiger partial charge in [0, 0.05) is 12.1 Å². The van der Waals surface area contributed by atoms with Gasteiger partial charge in [-0.25, -0.2) is 0 Å². The molecule has 2 saturated heterocycles. The van der Waals surface area contributed by atoms with Crippen molar-refractivity contribution in [3.8, 4) is 0 Å². The molecule has 110 valence electrons. The van der Waals surface area contributed by atoms with Crippen LogP contribution in [0.2, 0.25) is 0 Å². The Morgan fingerprint density at radius 2 is 1.86 bits per heavy atom. The number of rotatable bonds is 1. The van der Waals surface area contributed by atoms with Crippen molar-refractivity contribution < 1.29 is 4.79 Å². The van der Waals surface area contributed by atoms with Crippen LogP contribution in [0.4, 0.5) is 0 Å². The van der Waals surface area contributed by atoms with Gasteiger partial charge in [0.2, 0.25) is 5.91 Å². The summed E-state index contributed by atoms with van der Waals surface area (Å²) in [5, 5.41) is 1.95. The minimum absolute atomic E-state index is 0.378. The minimum Gasteiger partial charge on any atom is -0.366 e. The fraction of sp³-hybridized carbons (Fsp3) is 0.389. The molecule has 2 heterocycles. The number of nitrogens with zero attached hydrogens (tertiary/aromatic N) is 1. The first-order chi connectivity index (χ1) is 10.2. The summed E-state index contributed by atoms with van der Waals surface area (Å²) >= 11 is 0. The largest absolute Gasteiger partial charge is 0.366 e. The number of primary amides is 1. The highest BCUT2D eigenvalue weighted by molar-refractivity contribution is 6.06. The third-order valence-corrected chi connectivity index (χ3v) is 4.51. The van der Waals surface area contributed by atoms with E-state index in [1.807, 2.05) is 36.4 Å². The van der Waals surface area contributed by atoms with Crippen LogP contribution in [0, 0.1) is 5.92 Å². The molecule has 2 N–H and O–H groups in total. The van der Waals surface area contributed by atoms with E-state index < -0.39 is 0 Å². The van der Waals surface area contributed by atoms with Crippen molar-refractivity contribution in [2.24, 2.45) is 11.7 Å². The van der Waals surface area contributed by atoms with Gasteiger partial charge in [0.1, 0.15) is 0 Å². The smallest absolute Gasteiger partial charge is 0.249 e. The Morgan fingerprint density at radius 1 is 1.05 bits per heavy atom. The van der Waals surface area contributed by atoms with E-state index in [1.54, 1.807) is 6.07 Å². The predicted octanol–water partition coefficient (Wildman–Crippen LogP) is 3.04. The average molecular weight is 282 g/mol. The molecule has 21 heavy (non-hydrogen) atoms. The number of hydrogen-bond acceptors (Lipinski definition) is 2. The van der Waals surface area contributed by atoms with Gasteiger partial charge < -0.3 is 10.6 Å². The van der Waals surface area contributed by atoms with Crippen molar-refractivity contribution >= 4 is 16.7 Å². The van der Waals surface area contributed by atoms with Gasteiger partial charge in [-0.2, -0.15) is 0 Å². The van der Waals surface area contributed by atoms with Gasteiger partial charge in [-0.3, -0.25) is 4.79 Å². The van der Waals surface area contributed by atoms with Crippen LogP contribution in [0.3, 0.4) is 0 Å². The molecule has 3 heteroatoms. The van der Waals surface area contributed by atoms with Gasteiger partial charge in [-0.05, 0) is 55.1 Å². The molecule has 2 aliphatic heterocycles. The Morgan fingerprint density at radius 3 is 2.62 bits per heavy atom. The summed E-state index contributed by atoms with van der Waals surface area (Å²) in [6.45, 7) is 4.20. The van der Waals surface area contributed by atoms with E-state index in [2.05, 4.69) is 4.90 Å². The number of amides is 1. The molecule has 2 atom stereocenters. The van der Waals surface area contributed by atoms with E-state index in [0.29, 0.717) is 5.56 Å².